The second-order valence-corrected chi connectivity index (χ2v) is 7.82. The summed E-state index contributed by atoms with van der Waals surface area (Å²) in [6.07, 6.45) is 6.84. The van der Waals surface area contributed by atoms with E-state index in [0.29, 0.717) is 25.2 Å². The second kappa shape index (κ2) is 10.4. The van der Waals surface area contributed by atoms with E-state index >= 15 is 0 Å². The van der Waals surface area contributed by atoms with E-state index in [4.69, 9.17) is 4.74 Å². The van der Waals surface area contributed by atoms with Crippen LogP contribution in [0.4, 0.5) is 5.69 Å². The van der Waals surface area contributed by atoms with Crippen LogP contribution in [0.1, 0.15) is 34.8 Å². The number of aromatic nitrogens is 2. The van der Waals surface area contributed by atoms with E-state index < -0.39 is 0 Å². The number of Topliss-reactive ketones (excluding diaryl/α,β-unsaturated/α-hetero) is 1. The standard InChI is InChI=1S/C19H23N5O2.C3H4O2/c25-19(18-11-20-7-8-21-18)23-22-16-3-1-14(2-4-16)15-5-9-24(10-6-15)17-12-26-13-17;4-3-1-5-2-3/h1-4,7-8,11,15,17,22H,5-6,9-10,12-13H2,(H,23,25);1-2H2. The minimum atomic E-state index is -0.311. The average Bonchev–Trinajstić information content (AvgIpc) is 2.77. The lowest BCUT2D eigenvalue weighted by Crippen LogP contribution is -2.51. The van der Waals surface area contributed by atoms with E-state index in [9.17, 15) is 9.59 Å². The highest BCUT2D eigenvalue weighted by Gasteiger charge is 2.29. The van der Waals surface area contributed by atoms with Crippen LogP contribution in [0.25, 0.3) is 0 Å². The van der Waals surface area contributed by atoms with Gasteiger partial charge in [0.25, 0.3) is 5.91 Å². The molecule has 0 atom stereocenters. The third kappa shape index (κ3) is 5.84. The van der Waals surface area contributed by atoms with Crippen LogP contribution >= 0.6 is 0 Å². The van der Waals surface area contributed by atoms with Crippen LogP contribution in [0.2, 0.25) is 0 Å². The summed E-state index contributed by atoms with van der Waals surface area (Å²) in [4.78, 5) is 32.1. The first kappa shape index (κ1) is 21.4. The first-order valence-corrected chi connectivity index (χ1v) is 10.5. The van der Waals surface area contributed by atoms with Crippen molar-refractivity contribution in [1.82, 2.24) is 20.3 Å². The van der Waals surface area contributed by atoms with Crippen LogP contribution in [0.5, 0.6) is 0 Å². The maximum absolute atomic E-state index is 12.0. The van der Waals surface area contributed by atoms with Gasteiger partial charge in [0.1, 0.15) is 18.9 Å². The molecule has 4 heterocycles. The molecule has 0 radical (unpaired) electrons. The number of hydrogen-bond acceptors (Lipinski definition) is 8. The van der Waals surface area contributed by atoms with Crippen LogP contribution in [-0.4, -0.2) is 72.1 Å². The molecule has 2 aromatic rings. The Labute approximate surface area is 181 Å². The molecule has 9 nitrogen and oxygen atoms in total. The molecule has 3 saturated heterocycles. The molecule has 0 aliphatic carbocycles. The van der Waals surface area contributed by atoms with Crippen LogP contribution in [0.15, 0.2) is 42.9 Å². The number of carbonyl (C=O) groups excluding carboxylic acids is 2. The maximum Gasteiger partial charge on any atom is 0.289 e. The summed E-state index contributed by atoms with van der Waals surface area (Å²) in [7, 11) is 0. The van der Waals surface area contributed by atoms with Gasteiger partial charge in [-0.05, 0) is 49.5 Å². The van der Waals surface area contributed by atoms with Crippen molar-refractivity contribution in [2.24, 2.45) is 0 Å². The smallest absolute Gasteiger partial charge is 0.289 e. The monoisotopic (exact) mass is 425 g/mol. The highest BCUT2D eigenvalue weighted by Crippen LogP contribution is 2.30. The average molecular weight is 425 g/mol. The summed E-state index contributed by atoms with van der Waals surface area (Å²) >= 11 is 0. The van der Waals surface area contributed by atoms with Crippen molar-refractivity contribution < 1.29 is 19.1 Å². The predicted molar refractivity (Wildman–Crippen MR) is 114 cm³/mol. The molecule has 0 spiro atoms. The summed E-state index contributed by atoms with van der Waals surface area (Å²) in [5, 5.41) is 0. The quantitative estimate of drug-likeness (QED) is 0.693. The van der Waals surface area contributed by atoms with Crippen molar-refractivity contribution in [3.05, 3.63) is 54.1 Å². The van der Waals surface area contributed by atoms with Crippen molar-refractivity contribution in [2.45, 2.75) is 24.8 Å². The molecular formula is C22H27N5O4. The minimum absolute atomic E-state index is 0.213. The molecule has 2 N–H and O–H groups in total. The maximum atomic E-state index is 12.0. The summed E-state index contributed by atoms with van der Waals surface area (Å²) in [6, 6.07) is 8.92. The van der Waals surface area contributed by atoms with Crippen LogP contribution in [0, 0.1) is 0 Å². The number of ether oxygens (including phenoxy) is 2. The van der Waals surface area contributed by atoms with Crippen molar-refractivity contribution in [3.63, 3.8) is 0 Å². The number of rotatable bonds is 5. The molecule has 1 aromatic heterocycles. The van der Waals surface area contributed by atoms with Crippen LogP contribution < -0.4 is 10.9 Å². The number of likely N-dealkylation sites (tertiary alicyclic amines) is 1. The Morgan fingerprint density at radius 3 is 2.26 bits per heavy atom. The van der Waals surface area contributed by atoms with Gasteiger partial charge in [0, 0.05) is 12.4 Å². The third-order valence-electron chi connectivity index (χ3n) is 5.69. The van der Waals surface area contributed by atoms with Gasteiger partial charge in [-0.15, -0.1) is 0 Å². The second-order valence-electron chi connectivity index (χ2n) is 7.82. The minimum Gasteiger partial charge on any atom is -0.378 e. The summed E-state index contributed by atoms with van der Waals surface area (Å²) in [6.45, 7) is 4.77. The van der Waals surface area contributed by atoms with Crippen LogP contribution in [0.3, 0.4) is 0 Å². The third-order valence-corrected chi connectivity index (χ3v) is 5.69. The fourth-order valence-corrected chi connectivity index (χ4v) is 3.67. The molecule has 5 rings (SSSR count). The molecule has 1 amide bonds. The molecule has 0 saturated carbocycles. The zero-order valence-electron chi connectivity index (χ0n) is 17.3. The van der Waals surface area contributed by atoms with E-state index in [1.165, 1.54) is 37.0 Å². The molecule has 3 fully saturated rings. The van der Waals surface area contributed by atoms with Gasteiger partial charge in [-0.2, -0.15) is 0 Å². The number of hydrogen-bond donors (Lipinski definition) is 2. The van der Waals surface area contributed by atoms with Gasteiger partial charge in [-0.25, -0.2) is 4.98 Å². The molecule has 9 heteroatoms. The Morgan fingerprint density at radius 1 is 1.03 bits per heavy atom. The normalized spacial score (nSPS) is 19.4. The number of nitrogens with one attached hydrogen (secondary N) is 2. The topological polar surface area (TPSA) is 106 Å². The van der Waals surface area contributed by atoms with Crippen LogP contribution in [-0.2, 0) is 14.3 Å². The van der Waals surface area contributed by atoms with Gasteiger partial charge in [0.05, 0.1) is 31.1 Å². The van der Waals surface area contributed by atoms with Crippen molar-refractivity contribution in [2.75, 3.05) is 44.9 Å². The highest BCUT2D eigenvalue weighted by atomic mass is 16.5. The summed E-state index contributed by atoms with van der Waals surface area (Å²) in [5.74, 6) is 0.509. The van der Waals surface area contributed by atoms with Crippen molar-refractivity contribution >= 4 is 17.4 Å². The molecule has 164 valence electrons. The number of hydrazine groups is 1. The number of amides is 1. The lowest BCUT2D eigenvalue weighted by Gasteiger charge is -2.41. The number of nitrogens with zero attached hydrogens (tertiary/aromatic N) is 3. The molecular weight excluding hydrogens is 398 g/mol. The molecule has 3 aliphatic heterocycles. The first-order valence-electron chi connectivity index (χ1n) is 10.5. The Kier molecular flexibility index (Phi) is 7.18. The molecule has 31 heavy (non-hydrogen) atoms. The molecule has 1 aromatic carbocycles. The predicted octanol–water partition coefficient (Wildman–Crippen LogP) is 1.40. The van der Waals surface area contributed by atoms with E-state index in [1.807, 2.05) is 12.1 Å². The van der Waals surface area contributed by atoms with E-state index in [-0.39, 0.29) is 17.4 Å². The van der Waals surface area contributed by atoms with E-state index in [0.717, 1.165) is 32.0 Å². The van der Waals surface area contributed by atoms with Gasteiger partial charge < -0.3 is 9.47 Å². The summed E-state index contributed by atoms with van der Waals surface area (Å²) in [5.41, 5.74) is 8.04. The Hall–Kier alpha value is -2.88. The number of carbonyl (C=O) groups is 2. The Morgan fingerprint density at radius 2 is 1.74 bits per heavy atom. The lowest BCUT2D eigenvalue weighted by molar-refractivity contribution is -0.140. The van der Waals surface area contributed by atoms with Crippen molar-refractivity contribution in [1.29, 1.82) is 0 Å². The molecule has 0 unspecified atom stereocenters. The zero-order valence-corrected chi connectivity index (χ0v) is 17.3. The van der Waals surface area contributed by atoms with Gasteiger partial charge in [0.15, 0.2) is 5.78 Å². The first-order chi connectivity index (χ1) is 15.2. The fraction of sp³-hybridized carbons (Fsp3) is 0.455. The number of piperidine rings is 1. The largest absolute Gasteiger partial charge is 0.378 e. The van der Waals surface area contributed by atoms with E-state index in [1.54, 1.807) is 0 Å². The number of anilines is 1. The zero-order chi connectivity index (χ0) is 21.5. The lowest BCUT2D eigenvalue weighted by atomic mass is 9.88. The van der Waals surface area contributed by atoms with Gasteiger partial charge in [0.2, 0.25) is 0 Å². The number of benzene rings is 1. The number of ketones is 1. The SMILES string of the molecule is O=C(NNc1ccc(C2CCN(C3COC3)CC2)cc1)c1cnccn1.O=C1COC1. The van der Waals surface area contributed by atoms with Gasteiger partial charge >= 0.3 is 0 Å². The summed E-state index contributed by atoms with van der Waals surface area (Å²) < 4.78 is 9.78. The van der Waals surface area contributed by atoms with Gasteiger partial charge in [-0.3, -0.25) is 30.3 Å². The Balaban J connectivity index is 0.000000407. The molecule has 3 aliphatic rings. The highest BCUT2D eigenvalue weighted by molar-refractivity contribution is 5.92. The fourth-order valence-electron chi connectivity index (χ4n) is 3.67. The Bertz CT molecular complexity index is 859. The van der Waals surface area contributed by atoms with Crippen molar-refractivity contribution in [3.8, 4) is 0 Å². The molecule has 0 bridgehead atoms. The van der Waals surface area contributed by atoms with E-state index in [2.05, 4.69) is 42.6 Å². The van der Waals surface area contributed by atoms with Gasteiger partial charge in [-0.1, -0.05) is 12.1 Å².